The number of carbonyl (C=O) groups is 1. The molecule has 1 aliphatic rings. The number of amides is 1. The van der Waals surface area contributed by atoms with Gasteiger partial charge in [-0.2, -0.15) is 0 Å². The van der Waals surface area contributed by atoms with Crippen LogP contribution < -0.4 is 15.4 Å². The zero-order valence-corrected chi connectivity index (χ0v) is 15.8. The SMILES string of the molecule is COc1ccc(C)cc1C(=O)N[C@@]1(c2ccccc2)CCNC[C@H]1O.Cl. The van der Waals surface area contributed by atoms with Crippen molar-refractivity contribution in [3.63, 3.8) is 0 Å². The van der Waals surface area contributed by atoms with Crippen molar-refractivity contribution in [2.24, 2.45) is 0 Å². The molecule has 26 heavy (non-hydrogen) atoms. The van der Waals surface area contributed by atoms with Crippen molar-refractivity contribution in [3.8, 4) is 5.75 Å². The molecule has 1 amide bonds. The highest BCUT2D eigenvalue weighted by Gasteiger charge is 2.43. The van der Waals surface area contributed by atoms with Crippen molar-refractivity contribution in [2.75, 3.05) is 20.2 Å². The molecule has 140 valence electrons. The lowest BCUT2D eigenvalue weighted by Gasteiger charge is -2.43. The molecule has 3 rings (SSSR count). The molecule has 0 saturated carbocycles. The van der Waals surface area contributed by atoms with E-state index in [2.05, 4.69) is 10.6 Å². The molecule has 0 radical (unpaired) electrons. The van der Waals surface area contributed by atoms with E-state index in [1.807, 2.05) is 43.3 Å². The van der Waals surface area contributed by atoms with Gasteiger partial charge in [0.15, 0.2) is 0 Å². The van der Waals surface area contributed by atoms with Crippen molar-refractivity contribution >= 4 is 18.3 Å². The summed E-state index contributed by atoms with van der Waals surface area (Å²) in [5.74, 6) is 0.278. The van der Waals surface area contributed by atoms with Gasteiger partial charge in [-0.25, -0.2) is 0 Å². The van der Waals surface area contributed by atoms with Crippen molar-refractivity contribution in [2.45, 2.75) is 25.0 Å². The number of aliphatic hydroxyl groups is 1. The molecular formula is C20H25ClN2O3. The van der Waals surface area contributed by atoms with Gasteiger partial charge < -0.3 is 20.5 Å². The number of piperidine rings is 1. The lowest BCUT2D eigenvalue weighted by molar-refractivity contribution is 0.0288. The van der Waals surface area contributed by atoms with Crippen molar-refractivity contribution in [3.05, 3.63) is 65.2 Å². The molecule has 0 aliphatic carbocycles. The molecule has 1 aliphatic heterocycles. The van der Waals surface area contributed by atoms with E-state index in [1.165, 1.54) is 0 Å². The van der Waals surface area contributed by atoms with E-state index in [0.717, 1.165) is 17.7 Å². The summed E-state index contributed by atoms with van der Waals surface area (Å²) >= 11 is 0. The third-order valence-corrected chi connectivity index (χ3v) is 4.83. The van der Waals surface area contributed by atoms with E-state index >= 15 is 0 Å². The third-order valence-electron chi connectivity index (χ3n) is 4.83. The molecule has 2 aromatic rings. The Bertz CT molecular complexity index is 754. The van der Waals surface area contributed by atoms with Gasteiger partial charge in [0, 0.05) is 6.54 Å². The zero-order valence-electron chi connectivity index (χ0n) is 15.0. The third kappa shape index (κ3) is 3.85. The number of methoxy groups -OCH3 is 1. The molecule has 5 nitrogen and oxygen atoms in total. The maximum atomic E-state index is 13.0. The predicted molar refractivity (Wildman–Crippen MR) is 104 cm³/mol. The summed E-state index contributed by atoms with van der Waals surface area (Å²) in [5.41, 5.74) is 1.54. The van der Waals surface area contributed by atoms with Gasteiger partial charge in [-0.05, 0) is 37.6 Å². The number of hydrogen-bond donors (Lipinski definition) is 3. The van der Waals surface area contributed by atoms with E-state index in [1.54, 1.807) is 19.2 Å². The van der Waals surface area contributed by atoms with Crippen molar-refractivity contribution < 1.29 is 14.6 Å². The number of rotatable bonds is 4. The number of β-amino-alcohol motifs (C(OH)–C–C–N with tert-alkyl or cyclic N) is 1. The monoisotopic (exact) mass is 376 g/mol. The minimum absolute atomic E-state index is 0. The van der Waals surface area contributed by atoms with Crippen molar-refractivity contribution in [1.29, 1.82) is 0 Å². The van der Waals surface area contributed by atoms with Crippen LogP contribution in [0.5, 0.6) is 5.75 Å². The van der Waals surface area contributed by atoms with Crippen LogP contribution in [0.2, 0.25) is 0 Å². The number of ether oxygens (including phenoxy) is 1. The first-order valence-electron chi connectivity index (χ1n) is 8.48. The Labute approximate surface area is 160 Å². The summed E-state index contributed by atoms with van der Waals surface area (Å²) < 4.78 is 5.34. The number of carbonyl (C=O) groups excluding carboxylic acids is 1. The van der Waals surface area contributed by atoms with E-state index in [0.29, 0.717) is 24.3 Å². The maximum Gasteiger partial charge on any atom is 0.255 e. The van der Waals surface area contributed by atoms with Gasteiger partial charge in [0.25, 0.3) is 5.91 Å². The Morgan fingerprint density at radius 2 is 2.00 bits per heavy atom. The van der Waals surface area contributed by atoms with Crippen LogP contribution in [0.3, 0.4) is 0 Å². The number of aryl methyl sites for hydroxylation is 1. The molecule has 2 atom stereocenters. The standard InChI is InChI=1S/C20H24N2O3.ClH/c1-14-8-9-17(25-2)16(12-14)19(24)22-20(10-11-21-13-18(20)23)15-6-4-3-5-7-15;/h3-9,12,18,21,23H,10-11,13H2,1-2H3,(H,22,24);1H/t18-,20-;/m1./s1. The first kappa shape index (κ1) is 20.2. The van der Waals surface area contributed by atoms with Crippen LogP contribution in [-0.4, -0.2) is 37.3 Å². The molecule has 0 unspecified atom stereocenters. The number of benzene rings is 2. The molecule has 1 fully saturated rings. The number of aliphatic hydroxyl groups excluding tert-OH is 1. The van der Waals surface area contributed by atoms with Crippen LogP contribution in [0.15, 0.2) is 48.5 Å². The second kappa shape index (κ2) is 8.54. The van der Waals surface area contributed by atoms with Crippen LogP contribution in [0.1, 0.15) is 27.9 Å². The van der Waals surface area contributed by atoms with Crippen molar-refractivity contribution in [1.82, 2.24) is 10.6 Å². The molecule has 2 aromatic carbocycles. The minimum atomic E-state index is -0.821. The van der Waals surface area contributed by atoms with Crippen LogP contribution >= 0.6 is 12.4 Å². The molecule has 0 aromatic heterocycles. The highest BCUT2D eigenvalue weighted by Crippen LogP contribution is 2.32. The lowest BCUT2D eigenvalue weighted by Crippen LogP contribution is -2.61. The summed E-state index contributed by atoms with van der Waals surface area (Å²) in [6.07, 6.45) is -0.110. The predicted octanol–water partition coefficient (Wildman–Crippen LogP) is 2.40. The van der Waals surface area contributed by atoms with Gasteiger partial charge in [0.1, 0.15) is 5.75 Å². The minimum Gasteiger partial charge on any atom is -0.496 e. The quantitative estimate of drug-likeness (QED) is 0.766. The molecular weight excluding hydrogens is 352 g/mol. The van der Waals surface area contributed by atoms with Gasteiger partial charge in [-0.3, -0.25) is 4.79 Å². The highest BCUT2D eigenvalue weighted by molar-refractivity contribution is 5.97. The zero-order chi connectivity index (χ0) is 17.9. The number of hydrogen-bond acceptors (Lipinski definition) is 4. The number of nitrogens with one attached hydrogen (secondary N) is 2. The largest absolute Gasteiger partial charge is 0.496 e. The van der Waals surface area contributed by atoms with Crippen LogP contribution in [0.4, 0.5) is 0 Å². The van der Waals surface area contributed by atoms with Gasteiger partial charge >= 0.3 is 0 Å². The second-order valence-corrected chi connectivity index (χ2v) is 6.47. The topological polar surface area (TPSA) is 70.6 Å². The Morgan fingerprint density at radius 3 is 2.65 bits per heavy atom. The smallest absolute Gasteiger partial charge is 0.255 e. The fourth-order valence-corrected chi connectivity index (χ4v) is 3.42. The Morgan fingerprint density at radius 1 is 1.27 bits per heavy atom. The first-order valence-corrected chi connectivity index (χ1v) is 8.48. The summed E-state index contributed by atoms with van der Waals surface area (Å²) in [5, 5.41) is 17.0. The van der Waals surface area contributed by atoms with Crippen LogP contribution in [-0.2, 0) is 5.54 Å². The van der Waals surface area contributed by atoms with Crippen LogP contribution in [0.25, 0.3) is 0 Å². The van der Waals surface area contributed by atoms with E-state index in [-0.39, 0.29) is 18.3 Å². The number of halogens is 1. The summed E-state index contributed by atoms with van der Waals surface area (Å²) in [6.45, 7) is 3.08. The first-order chi connectivity index (χ1) is 12.1. The van der Waals surface area contributed by atoms with E-state index in [9.17, 15) is 9.90 Å². The lowest BCUT2D eigenvalue weighted by atomic mass is 9.79. The van der Waals surface area contributed by atoms with Gasteiger partial charge in [-0.15, -0.1) is 12.4 Å². The fraction of sp³-hybridized carbons (Fsp3) is 0.350. The molecule has 0 spiro atoms. The average Bonchev–Trinajstić information content (AvgIpc) is 2.64. The molecule has 0 bridgehead atoms. The molecule has 1 saturated heterocycles. The van der Waals surface area contributed by atoms with Gasteiger partial charge in [0.05, 0.1) is 24.3 Å². The highest BCUT2D eigenvalue weighted by atomic mass is 35.5. The summed E-state index contributed by atoms with van der Waals surface area (Å²) in [6, 6.07) is 15.2. The molecule has 1 heterocycles. The van der Waals surface area contributed by atoms with E-state index < -0.39 is 11.6 Å². The van der Waals surface area contributed by atoms with Gasteiger partial charge in [-0.1, -0.05) is 42.0 Å². The average molecular weight is 377 g/mol. The van der Waals surface area contributed by atoms with E-state index in [4.69, 9.17) is 4.74 Å². The molecule has 3 N–H and O–H groups in total. The summed E-state index contributed by atoms with van der Waals surface area (Å²) in [7, 11) is 1.55. The Hall–Kier alpha value is -2.08. The second-order valence-electron chi connectivity index (χ2n) is 6.47. The normalized spacial score (nSPS) is 22.2. The maximum absolute atomic E-state index is 13.0. The van der Waals surface area contributed by atoms with Gasteiger partial charge in [0.2, 0.25) is 0 Å². The van der Waals surface area contributed by atoms with Crippen LogP contribution in [0, 0.1) is 6.92 Å². The fourth-order valence-electron chi connectivity index (χ4n) is 3.42. The Kier molecular flexibility index (Phi) is 6.64. The molecule has 6 heteroatoms. The summed E-state index contributed by atoms with van der Waals surface area (Å²) in [4.78, 5) is 13.0. The Balaban J connectivity index is 0.00000243.